The van der Waals surface area contributed by atoms with Crippen molar-refractivity contribution in [2.75, 3.05) is 19.6 Å². The van der Waals surface area contributed by atoms with Gasteiger partial charge in [-0.15, -0.1) is 0 Å². The van der Waals surface area contributed by atoms with Crippen LogP contribution in [-0.2, 0) is 0 Å². The van der Waals surface area contributed by atoms with E-state index in [2.05, 4.69) is 62.4 Å². The number of H-pyrrole nitrogens is 1. The number of rotatable bonds is 3. The van der Waals surface area contributed by atoms with Crippen LogP contribution < -0.4 is 0 Å². The second-order valence-corrected chi connectivity index (χ2v) is 8.04. The fourth-order valence-electron chi connectivity index (χ4n) is 4.25. The molecule has 2 aromatic rings. The number of piperidine rings is 1. The van der Waals surface area contributed by atoms with Crippen LogP contribution in [0.5, 0.6) is 0 Å². The molecule has 0 saturated carbocycles. The van der Waals surface area contributed by atoms with E-state index in [9.17, 15) is 0 Å². The highest BCUT2D eigenvalue weighted by Gasteiger charge is 2.24. The second kappa shape index (κ2) is 6.82. The number of nitrogens with one attached hydrogen (secondary N) is 1. The van der Waals surface area contributed by atoms with Gasteiger partial charge in [0.05, 0.1) is 0 Å². The summed E-state index contributed by atoms with van der Waals surface area (Å²) in [6.45, 7) is 3.76. The highest BCUT2D eigenvalue weighted by atomic mass is 79.9. The summed E-state index contributed by atoms with van der Waals surface area (Å²) in [5.41, 5.74) is 2.77. The second-order valence-electron chi connectivity index (χ2n) is 7.13. The molecular formula is C20H25BrN2. The molecule has 2 nitrogen and oxygen atoms in total. The van der Waals surface area contributed by atoms with Gasteiger partial charge in [-0.1, -0.05) is 28.1 Å². The van der Waals surface area contributed by atoms with Gasteiger partial charge in [-0.25, -0.2) is 0 Å². The summed E-state index contributed by atoms with van der Waals surface area (Å²) in [5, 5.41) is 1.40. The Morgan fingerprint density at radius 1 is 1.17 bits per heavy atom. The van der Waals surface area contributed by atoms with Crippen LogP contribution in [0.2, 0.25) is 0 Å². The van der Waals surface area contributed by atoms with E-state index in [0.717, 1.165) is 5.92 Å². The van der Waals surface area contributed by atoms with Crippen molar-refractivity contribution in [2.24, 2.45) is 5.92 Å². The molecule has 4 rings (SSSR count). The first kappa shape index (κ1) is 15.5. The summed E-state index contributed by atoms with van der Waals surface area (Å²) in [7, 11) is 0. The number of hydrogen-bond acceptors (Lipinski definition) is 1. The van der Waals surface area contributed by atoms with Crippen LogP contribution in [0.1, 0.15) is 43.6 Å². The van der Waals surface area contributed by atoms with Crippen molar-refractivity contribution in [1.82, 2.24) is 9.88 Å². The van der Waals surface area contributed by atoms with Crippen molar-refractivity contribution in [3.63, 3.8) is 0 Å². The molecule has 1 aromatic heterocycles. The average molecular weight is 373 g/mol. The Morgan fingerprint density at radius 2 is 2.04 bits per heavy atom. The molecule has 1 fully saturated rings. The molecule has 1 aliphatic heterocycles. The molecule has 1 N–H and O–H groups in total. The van der Waals surface area contributed by atoms with E-state index < -0.39 is 0 Å². The third-order valence-corrected chi connectivity index (χ3v) is 6.04. The largest absolute Gasteiger partial charge is 0.361 e. The zero-order valence-corrected chi connectivity index (χ0v) is 15.2. The Morgan fingerprint density at radius 3 is 2.83 bits per heavy atom. The summed E-state index contributed by atoms with van der Waals surface area (Å²) < 4.78 is 1.17. The number of aromatic amines is 1. The lowest BCUT2D eigenvalue weighted by molar-refractivity contribution is 0.190. The van der Waals surface area contributed by atoms with Gasteiger partial charge in [0.2, 0.25) is 0 Å². The smallest absolute Gasteiger partial charge is 0.0457 e. The van der Waals surface area contributed by atoms with Crippen LogP contribution in [0.15, 0.2) is 41.0 Å². The number of aromatic nitrogens is 1. The maximum Gasteiger partial charge on any atom is 0.0457 e. The van der Waals surface area contributed by atoms with E-state index >= 15 is 0 Å². The molecule has 23 heavy (non-hydrogen) atoms. The Balaban J connectivity index is 1.41. The van der Waals surface area contributed by atoms with Crippen LogP contribution in [-0.4, -0.2) is 29.5 Å². The van der Waals surface area contributed by atoms with Gasteiger partial charge >= 0.3 is 0 Å². The van der Waals surface area contributed by atoms with Crippen LogP contribution in [0.4, 0.5) is 0 Å². The monoisotopic (exact) mass is 372 g/mol. The van der Waals surface area contributed by atoms with Crippen molar-refractivity contribution in [3.05, 3.63) is 46.6 Å². The van der Waals surface area contributed by atoms with Gasteiger partial charge in [0, 0.05) is 28.1 Å². The summed E-state index contributed by atoms with van der Waals surface area (Å²) in [5.74, 6) is 1.50. The molecule has 0 amide bonds. The van der Waals surface area contributed by atoms with Crippen molar-refractivity contribution < 1.29 is 0 Å². The van der Waals surface area contributed by atoms with E-state index in [0.29, 0.717) is 5.92 Å². The molecule has 122 valence electrons. The molecule has 0 spiro atoms. The molecule has 1 saturated heterocycles. The van der Waals surface area contributed by atoms with Crippen molar-refractivity contribution in [3.8, 4) is 0 Å². The highest BCUT2D eigenvalue weighted by Crippen LogP contribution is 2.34. The van der Waals surface area contributed by atoms with Gasteiger partial charge in [-0.05, 0) is 80.8 Å². The number of likely N-dealkylation sites (tertiary alicyclic amines) is 1. The van der Waals surface area contributed by atoms with Gasteiger partial charge in [-0.3, -0.25) is 0 Å². The average Bonchev–Trinajstić information content (AvgIpc) is 2.99. The van der Waals surface area contributed by atoms with Crippen LogP contribution in [0, 0.1) is 5.92 Å². The van der Waals surface area contributed by atoms with E-state index in [1.54, 1.807) is 0 Å². The van der Waals surface area contributed by atoms with Crippen LogP contribution >= 0.6 is 15.9 Å². The van der Waals surface area contributed by atoms with Crippen molar-refractivity contribution >= 4 is 26.8 Å². The Hall–Kier alpha value is -1.06. The maximum atomic E-state index is 3.61. The lowest BCUT2D eigenvalue weighted by atomic mass is 9.88. The van der Waals surface area contributed by atoms with E-state index in [1.165, 1.54) is 72.7 Å². The zero-order valence-electron chi connectivity index (χ0n) is 13.6. The number of fused-ring (bicyclic) bond motifs is 1. The van der Waals surface area contributed by atoms with Gasteiger partial charge < -0.3 is 9.88 Å². The van der Waals surface area contributed by atoms with Crippen LogP contribution in [0.3, 0.4) is 0 Å². The lowest BCUT2D eigenvalue weighted by Crippen LogP contribution is -2.36. The van der Waals surface area contributed by atoms with Crippen molar-refractivity contribution in [1.29, 1.82) is 0 Å². The SMILES string of the molecule is Brc1ccc2[nH]cc(C3CCN(CC4C=CCCC4)CC3)c2c1. The minimum Gasteiger partial charge on any atom is -0.361 e. The highest BCUT2D eigenvalue weighted by molar-refractivity contribution is 9.10. The summed E-state index contributed by atoms with van der Waals surface area (Å²) in [4.78, 5) is 6.13. The molecule has 0 bridgehead atoms. The number of halogens is 1. The van der Waals surface area contributed by atoms with Gasteiger partial charge in [-0.2, -0.15) is 0 Å². The Labute approximate surface area is 147 Å². The molecule has 0 radical (unpaired) electrons. The molecule has 2 aliphatic rings. The molecule has 1 atom stereocenters. The molecule has 2 heterocycles. The number of benzene rings is 1. The number of nitrogens with zero attached hydrogens (tertiary/aromatic N) is 1. The Bertz CT molecular complexity index is 695. The topological polar surface area (TPSA) is 19.0 Å². The predicted molar refractivity (Wildman–Crippen MR) is 101 cm³/mol. The molecule has 1 aliphatic carbocycles. The fourth-order valence-corrected chi connectivity index (χ4v) is 4.61. The van der Waals surface area contributed by atoms with E-state index in [4.69, 9.17) is 0 Å². The standard InChI is InChI=1S/C20H25BrN2/c21-17-6-7-20-18(12-17)19(13-22-20)16-8-10-23(11-9-16)14-15-4-2-1-3-5-15/h2,4,6-7,12-13,15-16,22H,1,3,5,8-11,14H2. The lowest BCUT2D eigenvalue weighted by Gasteiger charge is -2.34. The minimum atomic E-state index is 0.705. The molecule has 3 heteroatoms. The third kappa shape index (κ3) is 3.41. The summed E-state index contributed by atoms with van der Waals surface area (Å²) >= 11 is 3.61. The number of allylic oxidation sites excluding steroid dienone is 1. The molecule has 1 aromatic carbocycles. The Kier molecular flexibility index (Phi) is 4.59. The van der Waals surface area contributed by atoms with Crippen molar-refractivity contribution in [2.45, 2.75) is 38.0 Å². The first-order valence-electron chi connectivity index (χ1n) is 8.95. The third-order valence-electron chi connectivity index (χ3n) is 5.55. The molecule has 1 unspecified atom stereocenters. The number of hydrogen-bond donors (Lipinski definition) is 1. The van der Waals surface area contributed by atoms with E-state index in [1.807, 2.05) is 0 Å². The van der Waals surface area contributed by atoms with Crippen LogP contribution in [0.25, 0.3) is 10.9 Å². The normalized spacial score (nSPS) is 23.6. The first-order chi connectivity index (χ1) is 11.3. The van der Waals surface area contributed by atoms with Gasteiger partial charge in [0.1, 0.15) is 0 Å². The minimum absolute atomic E-state index is 0.705. The zero-order chi connectivity index (χ0) is 15.6. The predicted octanol–water partition coefficient (Wildman–Crippen LogP) is 5.47. The fraction of sp³-hybridized carbons (Fsp3) is 0.500. The van der Waals surface area contributed by atoms with E-state index in [-0.39, 0.29) is 0 Å². The maximum absolute atomic E-state index is 3.61. The summed E-state index contributed by atoms with van der Waals surface area (Å²) in [6, 6.07) is 6.55. The van der Waals surface area contributed by atoms with Gasteiger partial charge in [0.15, 0.2) is 0 Å². The summed E-state index contributed by atoms with van der Waals surface area (Å²) in [6.07, 6.45) is 13.7. The first-order valence-corrected chi connectivity index (χ1v) is 9.74. The molecular weight excluding hydrogens is 348 g/mol. The quantitative estimate of drug-likeness (QED) is 0.708. The van der Waals surface area contributed by atoms with Gasteiger partial charge in [0.25, 0.3) is 0 Å².